The lowest BCUT2D eigenvalue weighted by molar-refractivity contribution is 0.303. The molecule has 2 aliphatic heterocycles. The van der Waals surface area contributed by atoms with Gasteiger partial charge in [0.25, 0.3) is 0 Å². The zero-order valence-corrected chi connectivity index (χ0v) is 14.9. The summed E-state index contributed by atoms with van der Waals surface area (Å²) in [4.78, 5) is 7.32. The second-order valence-corrected chi connectivity index (χ2v) is 6.65. The Morgan fingerprint density at radius 1 is 1.28 bits per heavy atom. The number of methoxy groups -OCH3 is 1. The van der Waals surface area contributed by atoms with Crippen LogP contribution in [0.3, 0.4) is 0 Å². The van der Waals surface area contributed by atoms with E-state index in [1.54, 1.807) is 7.11 Å². The number of para-hydroxylation sites is 1. The number of hydrogen-bond acceptors (Lipinski definition) is 5. The van der Waals surface area contributed by atoms with Gasteiger partial charge in [-0.3, -0.25) is 0 Å². The minimum Gasteiger partial charge on any atom is -0.493 e. The SMILES string of the molecule is COc1cccc2c1Oc1cc(C)ccc1N=C2N1CCNC(C)C1. The van der Waals surface area contributed by atoms with Crippen LogP contribution in [0, 0.1) is 6.92 Å². The third-order valence-electron chi connectivity index (χ3n) is 4.66. The monoisotopic (exact) mass is 337 g/mol. The molecular formula is C20H23N3O2. The molecule has 1 saturated heterocycles. The molecule has 0 amide bonds. The van der Waals surface area contributed by atoms with Gasteiger partial charge in [-0.25, -0.2) is 4.99 Å². The summed E-state index contributed by atoms with van der Waals surface area (Å²) in [6.45, 7) is 7.03. The van der Waals surface area contributed by atoms with E-state index in [-0.39, 0.29) is 0 Å². The largest absolute Gasteiger partial charge is 0.493 e. The van der Waals surface area contributed by atoms with Crippen LogP contribution >= 0.6 is 0 Å². The molecule has 0 aliphatic carbocycles. The van der Waals surface area contributed by atoms with Crippen molar-refractivity contribution in [3.05, 3.63) is 47.5 Å². The van der Waals surface area contributed by atoms with Gasteiger partial charge >= 0.3 is 0 Å². The molecule has 1 N–H and O–H groups in total. The molecule has 2 heterocycles. The number of amidine groups is 1. The number of nitrogens with zero attached hydrogens (tertiary/aromatic N) is 2. The molecule has 2 aromatic rings. The fraction of sp³-hybridized carbons (Fsp3) is 0.350. The van der Waals surface area contributed by atoms with Crippen molar-refractivity contribution < 1.29 is 9.47 Å². The Morgan fingerprint density at radius 3 is 2.96 bits per heavy atom. The smallest absolute Gasteiger partial charge is 0.180 e. The summed E-state index contributed by atoms with van der Waals surface area (Å²) in [7, 11) is 1.67. The predicted molar refractivity (Wildman–Crippen MR) is 99.5 cm³/mol. The number of aryl methyl sites for hydroxylation is 1. The van der Waals surface area contributed by atoms with Crippen LogP contribution < -0.4 is 14.8 Å². The van der Waals surface area contributed by atoms with Crippen molar-refractivity contribution >= 4 is 11.5 Å². The number of rotatable bonds is 1. The Balaban J connectivity index is 1.89. The fourth-order valence-corrected chi connectivity index (χ4v) is 3.40. The van der Waals surface area contributed by atoms with E-state index in [2.05, 4.69) is 36.2 Å². The van der Waals surface area contributed by atoms with E-state index in [0.29, 0.717) is 6.04 Å². The highest BCUT2D eigenvalue weighted by atomic mass is 16.5. The van der Waals surface area contributed by atoms with Crippen molar-refractivity contribution in [1.82, 2.24) is 10.2 Å². The molecule has 2 aliphatic rings. The third kappa shape index (κ3) is 2.96. The predicted octanol–water partition coefficient (Wildman–Crippen LogP) is 3.48. The van der Waals surface area contributed by atoms with Crippen molar-refractivity contribution in [3.8, 4) is 17.2 Å². The van der Waals surface area contributed by atoms with E-state index < -0.39 is 0 Å². The van der Waals surface area contributed by atoms with Gasteiger partial charge in [0.05, 0.1) is 12.7 Å². The molecule has 0 aromatic heterocycles. The van der Waals surface area contributed by atoms with Crippen LogP contribution in [0.4, 0.5) is 5.69 Å². The van der Waals surface area contributed by atoms with E-state index >= 15 is 0 Å². The Hall–Kier alpha value is -2.53. The van der Waals surface area contributed by atoms with E-state index in [9.17, 15) is 0 Å². The maximum Gasteiger partial charge on any atom is 0.180 e. The number of piperazine rings is 1. The second-order valence-electron chi connectivity index (χ2n) is 6.65. The van der Waals surface area contributed by atoms with Crippen molar-refractivity contribution in [2.75, 3.05) is 26.7 Å². The standard InChI is InChI=1S/C20H23N3O2/c1-13-7-8-16-18(11-13)25-19-15(5-4-6-17(19)24-3)20(22-16)23-10-9-21-14(2)12-23/h4-8,11,14,21H,9-10,12H2,1-3H3. The zero-order chi connectivity index (χ0) is 17.4. The van der Waals surface area contributed by atoms with Crippen LogP contribution in [0.5, 0.6) is 17.2 Å². The first-order valence-electron chi connectivity index (χ1n) is 8.68. The molecule has 0 radical (unpaired) electrons. The first-order valence-corrected chi connectivity index (χ1v) is 8.68. The van der Waals surface area contributed by atoms with Crippen molar-refractivity contribution in [1.29, 1.82) is 0 Å². The molecule has 5 nitrogen and oxygen atoms in total. The summed E-state index contributed by atoms with van der Waals surface area (Å²) in [6.07, 6.45) is 0. The third-order valence-corrected chi connectivity index (χ3v) is 4.66. The van der Waals surface area contributed by atoms with Gasteiger partial charge in [-0.05, 0) is 43.7 Å². The molecule has 130 valence electrons. The number of fused-ring (bicyclic) bond motifs is 2. The van der Waals surface area contributed by atoms with Gasteiger partial charge in [0.1, 0.15) is 11.5 Å². The summed E-state index contributed by atoms with van der Waals surface area (Å²) in [5.74, 6) is 3.18. The lowest BCUT2D eigenvalue weighted by Gasteiger charge is -2.34. The Morgan fingerprint density at radius 2 is 2.16 bits per heavy atom. The fourth-order valence-electron chi connectivity index (χ4n) is 3.40. The molecule has 5 heteroatoms. The average Bonchev–Trinajstić information content (AvgIpc) is 2.77. The van der Waals surface area contributed by atoms with Gasteiger partial charge in [-0.15, -0.1) is 0 Å². The Kier molecular flexibility index (Phi) is 4.09. The summed E-state index contributed by atoms with van der Waals surface area (Å²) < 4.78 is 11.8. The van der Waals surface area contributed by atoms with Gasteiger partial charge < -0.3 is 19.7 Å². The molecule has 0 bridgehead atoms. The molecule has 2 aromatic carbocycles. The summed E-state index contributed by atoms with van der Waals surface area (Å²) >= 11 is 0. The Bertz CT molecular complexity index is 832. The highest BCUT2D eigenvalue weighted by Gasteiger charge is 2.27. The van der Waals surface area contributed by atoms with E-state index in [0.717, 1.165) is 59.5 Å². The molecule has 25 heavy (non-hydrogen) atoms. The van der Waals surface area contributed by atoms with Crippen LogP contribution in [0.2, 0.25) is 0 Å². The summed E-state index contributed by atoms with van der Waals surface area (Å²) in [5.41, 5.74) is 2.97. The maximum atomic E-state index is 6.27. The lowest BCUT2D eigenvalue weighted by atomic mass is 10.1. The molecule has 0 spiro atoms. The van der Waals surface area contributed by atoms with Crippen LogP contribution in [-0.4, -0.2) is 43.5 Å². The molecule has 1 unspecified atom stereocenters. The summed E-state index contributed by atoms with van der Waals surface area (Å²) in [6, 6.07) is 12.5. The zero-order valence-electron chi connectivity index (χ0n) is 14.9. The molecule has 0 saturated carbocycles. The van der Waals surface area contributed by atoms with Gasteiger partial charge in [0.2, 0.25) is 0 Å². The van der Waals surface area contributed by atoms with Gasteiger partial charge in [0, 0.05) is 25.7 Å². The second kappa shape index (κ2) is 6.41. The van der Waals surface area contributed by atoms with Crippen LogP contribution in [0.25, 0.3) is 0 Å². The van der Waals surface area contributed by atoms with Crippen LogP contribution in [-0.2, 0) is 0 Å². The quantitative estimate of drug-likeness (QED) is 0.865. The number of nitrogens with one attached hydrogen (secondary N) is 1. The normalized spacial score (nSPS) is 19.2. The van der Waals surface area contributed by atoms with Crippen molar-refractivity contribution in [2.24, 2.45) is 4.99 Å². The number of benzene rings is 2. The minimum absolute atomic E-state index is 0.423. The molecule has 1 fully saturated rings. The van der Waals surface area contributed by atoms with Crippen molar-refractivity contribution in [2.45, 2.75) is 19.9 Å². The van der Waals surface area contributed by atoms with Gasteiger partial charge in [0.15, 0.2) is 17.2 Å². The highest BCUT2D eigenvalue weighted by Crippen LogP contribution is 2.43. The highest BCUT2D eigenvalue weighted by molar-refractivity contribution is 6.04. The van der Waals surface area contributed by atoms with Crippen LogP contribution in [0.1, 0.15) is 18.1 Å². The maximum absolute atomic E-state index is 6.27. The summed E-state index contributed by atoms with van der Waals surface area (Å²) in [5, 5.41) is 3.49. The van der Waals surface area contributed by atoms with E-state index in [4.69, 9.17) is 14.5 Å². The topological polar surface area (TPSA) is 46.1 Å². The molecule has 4 rings (SSSR count). The van der Waals surface area contributed by atoms with E-state index in [1.165, 1.54) is 0 Å². The average molecular weight is 337 g/mol. The lowest BCUT2D eigenvalue weighted by Crippen LogP contribution is -2.51. The van der Waals surface area contributed by atoms with Gasteiger partial charge in [-0.2, -0.15) is 0 Å². The first kappa shape index (κ1) is 16.0. The number of aliphatic imine (C=N–C) groups is 1. The molecular weight excluding hydrogens is 314 g/mol. The van der Waals surface area contributed by atoms with E-state index in [1.807, 2.05) is 24.3 Å². The Labute approximate surface area is 148 Å². The van der Waals surface area contributed by atoms with Gasteiger partial charge in [-0.1, -0.05) is 12.1 Å². The first-order chi connectivity index (χ1) is 12.2. The number of hydrogen-bond donors (Lipinski definition) is 1. The van der Waals surface area contributed by atoms with Crippen molar-refractivity contribution in [3.63, 3.8) is 0 Å². The minimum atomic E-state index is 0.423. The van der Waals surface area contributed by atoms with Crippen LogP contribution in [0.15, 0.2) is 41.4 Å². The number of ether oxygens (including phenoxy) is 2. The molecule has 1 atom stereocenters.